The summed E-state index contributed by atoms with van der Waals surface area (Å²) in [6.45, 7) is 0. The zero-order valence-electron chi connectivity index (χ0n) is 35.0. The fraction of sp³-hybridized carbons (Fsp3) is 0.0492. The maximum atomic E-state index is 2.43. The Balaban J connectivity index is 1.00. The van der Waals surface area contributed by atoms with Crippen molar-refractivity contribution in [2.75, 3.05) is 4.90 Å². The monoisotopic (exact) mass is 804 g/mol. The molecular formula is C61H44N2. The average Bonchev–Trinajstić information content (AvgIpc) is 3.59. The van der Waals surface area contributed by atoms with Gasteiger partial charge in [-0.05, 0) is 146 Å². The van der Waals surface area contributed by atoms with Crippen LogP contribution in [0.1, 0.15) is 24.0 Å². The Morgan fingerprint density at radius 1 is 0.413 bits per heavy atom. The van der Waals surface area contributed by atoms with Gasteiger partial charge in [-0.1, -0.05) is 170 Å². The van der Waals surface area contributed by atoms with Gasteiger partial charge in [0.25, 0.3) is 0 Å². The predicted molar refractivity (Wildman–Crippen MR) is 267 cm³/mol. The van der Waals surface area contributed by atoms with Crippen LogP contribution in [0.3, 0.4) is 0 Å². The number of aromatic nitrogens is 1. The zero-order chi connectivity index (χ0) is 41.7. The van der Waals surface area contributed by atoms with Crippen molar-refractivity contribution in [3.63, 3.8) is 0 Å². The first kappa shape index (κ1) is 36.9. The standard InChI is InChI=1S/C61H44N2/c1-3-13-42(14-4-1)44-25-27-45(28-26-44)46-31-35-53(36-32-46)62(55-37-33-49-39-48-17-8-7-15-43(48)29-30-50(49)40-55)54-21-11-18-51(41-54)57-23-12-24-58-61(57)60-56-22-10-9-16-47(56)34-38-59(60)63(58)52-19-5-2-6-20-52/h1-6,8-14,16-38,40-41H,7,15,39H2. The number of benzene rings is 9. The van der Waals surface area contributed by atoms with Crippen molar-refractivity contribution in [3.05, 3.63) is 247 Å². The number of allylic oxidation sites excluding steroid dienone is 5. The molecular weight excluding hydrogens is 761 g/mol. The van der Waals surface area contributed by atoms with Gasteiger partial charge in [0, 0.05) is 33.5 Å². The van der Waals surface area contributed by atoms with Crippen LogP contribution in [0.25, 0.3) is 77.7 Å². The highest BCUT2D eigenvalue weighted by Gasteiger charge is 2.21. The highest BCUT2D eigenvalue weighted by molar-refractivity contribution is 6.25. The van der Waals surface area contributed by atoms with Crippen LogP contribution in [-0.2, 0) is 6.42 Å². The summed E-state index contributed by atoms with van der Waals surface area (Å²) in [6, 6.07) is 75.7. The van der Waals surface area contributed by atoms with Gasteiger partial charge in [0.2, 0.25) is 0 Å². The van der Waals surface area contributed by atoms with Crippen LogP contribution in [0.15, 0.2) is 236 Å². The third-order valence-electron chi connectivity index (χ3n) is 13.1. The second kappa shape index (κ2) is 15.5. The second-order valence-electron chi connectivity index (χ2n) is 16.8. The minimum absolute atomic E-state index is 0.955. The van der Waals surface area contributed by atoms with Crippen molar-refractivity contribution >= 4 is 55.7 Å². The van der Waals surface area contributed by atoms with Gasteiger partial charge in [-0.2, -0.15) is 0 Å². The lowest BCUT2D eigenvalue weighted by Gasteiger charge is -2.27. The quantitative estimate of drug-likeness (QED) is 0.156. The van der Waals surface area contributed by atoms with Gasteiger partial charge >= 0.3 is 0 Å². The van der Waals surface area contributed by atoms with E-state index in [0.717, 1.165) is 42.0 Å². The van der Waals surface area contributed by atoms with E-state index in [2.05, 4.69) is 240 Å². The molecule has 0 amide bonds. The van der Waals surface area contributed by atoms with Crippen molar-refractivity contribution in [2.45, 2.75) is 19.3 Å². The molecule has 2 nitrogen and oxygen atoms in total. The van der Waals surface area contributed by atoms with Gasteiger partial charge in [0.15, 0.2) is 0 Å². The molecule has 0 saturated carbocycles. The van der Waals surface area contributed by atoms with Crippen molar-refractivity contribution in [2.24, 2.45) is 0 Å². The molecule has 0 bridgehead atoms. The molecule has 1 aromatic heterocycles. The molecule has 0 spiro atoms. The largest absolute Gasteiger partial charge is 0.310 e. The van der Waals surface area contributed by atoms with Gasteiger partial charge < -0.3 is 9.47 Å². The van der Waals surface area contributed by atoms with E-state index in [1.807, 2.05) is 0 Å². The molecule has 2 aliphatic carbocycles. The summed E-state index contributed by atoms with van der Waals surface area (Å²) in [7, 11) is 0. The highest BCUT2D eigenvalue weighted by atomic mass is 15.1. The molecule has 2 aliphatic rings. The molecule has 2 heteroatoms. The lowest BCUT2D eigenvalue weighted by Crippen LogP contribution is -2.10. The predicted octanol–water partition coefficient (Wildman–Crippen LogP) is 16.6. The fourth-order valence-electron chi connectivity index (χ4n) is 10.0. The van der Waals surface area contributed by atoms with E-state index >= 15 is 0 Å². The SMILES string of the molecule is C1=CC2=C(C=Cc3cc(N(c4ccc(-c5ccc(-c6ccccc6)cc5)cc4)c4cccc(-c5cccc6c5c5c7ccccc7ccc5n6-c5ccccc5)c4)ccc3C2)CC1. The Hall–Kier alpha value is -7.94. The first-order valence-corrected chi connectivity index (χ1v) is 22.1. The Morgan fingerprint density at radius 3 is 1.87 bits per heavy atom. The number of para-hydroxylation sites is 1. The van der Waals surface area contributed by atoms with Gasteiger partial charge in [0.05, 0.1) is 11.0 Å². The van der Waals surface area contributed by atoms with E-state index in [4.69, 9.17) is 0 Å². The highest BCUT2D eigenvalue weighted by Crippen LogP contribution is 2.44. The molecule has 9 aromatic carbocycles. The number of nitrogens with zero attached hydrogens (tertiary/aromatic N) is 2. The third-order valence-corrected chi connectivity index (χ3v) is 13.1. The van der Waals surface area contributed by atoms with Crippen molar-refractivity contribution in [1.82, 2.24) is 4.57 Å². The molecule has 12 rings (SSSR count). The number of hydrogen-bond donors (Lipinski definition) is 0. The van der Waals surface area contributed by atoms with Crippen LogP contribution >= 0.6 is 0 Å². The van der Waals surface area contributed by atoms with Crippen LogP contribution in [0, 0.1) is 0 Å². The summed E-state index contributed by atoms with van der Waals surface area (Å²) in [5.74, 6) is 0. The second-order valence-corrected chi connectivity index (χ2v) is 16.8. The summed E-state index contributed by atoms with van der Waals surface area (Å²) in [5.41, 5.74) is 19.7. The molecule has 10 aromatic rings. The topological polar surface area (TPSA) is 8.17 Å². The molecule has 0 N–H and O–H groups in total. The Labute approximate surface area is 368 Å². The minimum Gasteiger partial charge on any atom is -0.310 e. The van der Waals surface area contributed by atoms with Crippen LogP contribution in [0.5, 0.6) is 0 Å². The molecule has 0 saturated heterocycles. The van der Waals surface area contributed by atoms with Gasteiger partial charge in [-0.3, -0.25) is 0 Å². The molecule has 1 heterocycles. The van der Waals surface area contributed by atoms with E-state index < -0.39 is 0 Å². The minimum atomic E-state index is 0.955. The van der Waals surface area contributed by atoms with Crippen LogP contribution in [0.4, 0.5) is 17.1 Å². The lowest BCUT2D eigenvalue weighted by molar-refractivity contribution is 0.953. The van der Waals surface area contributed by atoms with Crippen molar-refractivity contribution < 1.29 is 0 Å². The summed E-state index contributed by atoms with van der Waals surface area (Å²) in [5, 5.41) is 5.05. The molecule has 0 atom stereocenters. The maximum Gasteiger partial charge on any atom is 0.0547 e. The van der Waals surface area contributed by atoms with E-state index in [9.17, 15) is 0 Å². The van der Waals surface area contributed by atoms with Gasteiger partial charge in [0.1, 0.15) is 0 Å². The van der Waals surface area contributed by atoms with Crippen LogP contribution < -0.4 is 4.90 Å². The Morgan fingerprint density at radius 2 is 1.06 bits per heavy atom. The molecule has 63 heavy (non-hydrogen) atoms. The molecule has 0 fully saturated rings. The summed E-state index contributed by atoms with van der Waals surface area (Å²) in [4.78, 5) is 2.43. The van der Waals surface area contributed by atoms with Crippen molar-refractivity contribution in [3.8, 4) is 39.1 Å². The number of hydrogen-bond acceptors (Lipinski definition) is 1. The summed E-state index contributed by atoms with van der Waals surface area (Å²) in [6.07, 6.45) is 12.5. The molecule has 0 aliphatic heterocycles. The molecule has 0 unspecified atom stereocenters. The first-order chi connectivity index (χ1) is 31.2. The van der Waals surface area contributed by atoms with Crippen LogP contribution in [0.2, 0.25) is 0 Å². The van der Waals surface area contributed by atoms with Crippen LogP contribution in [-0.4, -0.2) is 4.57 Å². The Bertz CT molecular complexity index is 3440. The van der Waals surface area contributed by atoms with Gasteiger partial charge in [-0.25, -0.2) is 0 Å². The summed E-state index contributed by atoms with van der Waals surface area (Å²) >= 11 is 0. The van der Waals surface area contributed by atoms with E-state index in [1.165, 1.54) is 88.2 Å². The molecule has 298 valence electrons. The number of fused-ring (bicyclic) bond motifs is 6. The first-order valence-electron chi connectivity index (χ1n) is 22.1. The number of rotatable bonds is 7. The lowest BCUT2D eigenvalue weighted by atomic mass is 9.93. The van der Waals surface area contributed by atoms with E-state index in [0.29, 0.717) is 0 Å². The van der Waals surface area contributed by atoms with Gasteiger partial charge in [-0.15, -0.1) is 0 Å². The zero-order valence-corrected chi connectivity index (χ0v) is 35.0. The maximum absolute atomic E-state index is 2.43. The number of anilines is 3. The van der Waals surface area contributed by atoms with E-state index in [-0.39, 0.29) is 0 Å². The average molecular weight is 805 g/mol. The molecule has 0 radical (unpaired) electrons. The fourth-order valence-corrected chi connectivity index (χ4v) is 10.0. The summed E-state index contributed by atoms with van der Waals surface area (Å²) < 4.78 is 2.43. The third kappa shape index (κ3) is 6.59. The van der Waals surface area contributed by atoms with E-state index in [1.54, 1.807) is 0 Å². The smallest absolute Gasteiger partial charge is 0.0547 e. The normalized spacial score (nSPS) is 13.3. The van der Waals surface area contributed by atoms with Crippen molar-refractivity contribution in [1.29, 1.82) is 0 Å². The Kier molecular flexibility index (Phi) is 9.08.